The maximum atomic E-state index is 12.3. The highest BCUT2D eigenvalue weighted by Crippen LogP contribution is 2.16. The van der Waals surface area contributed by atoms with Crippen LogP contribution in [0.2, 0.25) is 0 Å². The van der Waals surface area contributed by atoms with E-state index in [1.165, 1.54) is 0 Å². The zero-order valence-corrected chi connectivity index (χ0v) is 13.4. The molecule has 6 heteroatoms. The summed E-state index contributed by atoms with van der Waals surface area (Å²) in [5.74, 6) is 0.437. The van der Waals surface area contributed by atoms with Crippen LogP contribution in [-0.2, 0) is 16.4 Å². The second kappa shape index (κ2) is 7.35. The summed E-state index contributed by atoms with van der Waals surface area (Å²) < 4.78 is 27.3. The molecule has 0 spiro atoms. The topological polar surface area (TPSA) is 75.4 Å². The fraction of sp³-hybridized carbons (Fsp3) is 0.600. The van der Waals surface area contributed by atoms with Gasteiger partial charge in [0.15, 0.2) is 0 Å². The predicted molar refractivity (Wildman–Crippen MR) is 84.6 cm³/mol. The highest BCUT2D eigenvalue weighted by molar-refractivity contribution is 7.89. The lowest BCUT2D eigenvalue weighted by atomic mass is 9.98. The van der Waals surface area contributed by atoms with Crippen LogP contribution < -0.4 is 10.5 Å². The van der Waals surface area contributed by atoms with E-state index in [1.807, 2.05) is 12.1 Å². The van der Waals surface area contributed by atoms with Crippen molar-refractivity contribution in [1.82, 2.24) is 9.62 Å². The molecular weight excluding hydrogens is 286 g/mol. The third-order valence-electron chi connectivity index (χ3n) is 4.07. The minimum atomic E-state index is -3.40. The summed E-state index contributed by atoms with van der Waals surface area (Å²) in [6.07, 6.45) is 2.87. The standard InChI is InChI=1S/C15H25N3O2S/c1-18-10-7-14(8-11-18)12-17-21(19,20)15-4-2-13(3-5-15)6-9-16/h2-5,14,17H,6-12,16H2,1H3. The molecule has 0 radical (unpaired) electrons. The van der Waals surface area contributed by atoms with Crippen molar-refractivity contribution in [2.45, 2.75) is 24.2 Å². The first-order chi connectivity index (χ1) is 10.0. The van der Waals surface area contributed by atoms with E-state index in [-0.39, 0.29) is 0 Å². The van der Waals surface area contributed by atoms with Gasteiger partial charge in [0, 0.05) is 6.54 Å². The van der Waals surface area contributed by atoms with Crippen LogP contribution in [0.5, 0.6) is 0 Å². The predicted octanol–water partition coefficient (Wildman–Crippen LogP) is 0.808. The van der Waals surface area contributed by atoms with Crippen molar-refractivity contribution in [2.75, 3.05) is 33.2 Å². The van der Waals surface area contributed by atoms with Crippen molar-refractivity contribution in [3.05, 3.63) is 29.8 Å². The van der Waals surface area contributed by atoms with Crippen LogP contribution in [0.4, 0.5) is 0 Å². The summed E-state index contributed by atoms with van der Waals surface area (Å²) in [5, 5.41) is 0. The molecule has 1 heterocycles. The van der Waals surface area contributed by atoms with Gasteiger partial charge < -0.3 is 10.6 Å². The quantitative estimate of drug-likeness (QED) is 0.815. The van der Waals surface area contributed by atoms with Crippen LogP contribution in [-0.4, -0.2) is 46.5 Å². The maximum Gasteiger partial charge on any atom is 0.240 e. The van der Waals surface area contributed by atoms with Crippen LogP contribution in [0.3, 0.4) is 0 Å². The molecule has 0 bridgehead atoms. The summed E-state index contributed by atoms with van der Waals surface area (Å²) in [6.45, 7) is 3.18. The van der Waals surface area contributed by atoms with Gasteiger partial charge in [0.25, 0.3) is 0 Å². The van der Waals surface area contributed by atoms with Gasteiger partial charge in [0.1, 0.15) is 0 Å². The number of benzene rings is 1. The van der Waals surface area contributed by atoms with Crippen LogP contribution in [0.25, 0.3) is 0 Å². The first kappa shape index (κ1) is 16.4. The van der Waals surface area contributed by atoms with Crippen molar-refractivity contribution in [2.24, 2.45) is 11.7 Å². The molecule has 1 fully saturated rings. The zero-order valence-electron chi connectivity index (χ0n) is 12.6. The highest BCUT2D eigenvalue weighted by Gasteiger charge is 2.20. The Morgan fingerprint density at radius 3 is 2.43 bits per heavy atom. The van der Waals surface area contributed by atoms with Gasteiger partial charge in [-0.1, -0.05) is 12.1 Å². The molecule has 0 aromatic heterocycles. The molecule has 1 saturated heterocycles. The molecule has 5 nitrogen and oxygen atoms in total. The summed E-state index contributed by atoms with van der Waals surface area (Å²) in [6, 6.07) is 6.97. The molecule has 1 aromatic carbocycles. The normalized spacial score (nSPS) is 18.0. The van der Waals surface area contributed by atoms with E-state index in [0.29, 0.717) is 23.9 Å². The molecule has 1 aliphatic heterocycles. The summed E-state index contributed by atoms with van der Waals surface area (Å²) in [5.41, 5.74) is 6.55. The Bertz CT molecular complexity index is 535. The largest absolute Gasteiger partial charge is 0.330 e. The number of hydrogen-bond acceptors (Lipinski definition) is 4. The number of rotatable bonds is 6. The first-order valence-electron chi connectivity index (χ1n) is 7.48. The SMILES string of the molecule is CN1CCC(CNS(=O)(=O)c2ccc(CCN)cc2)CC1. The molecule has 2 rings (SSSR count). The van der Waals surface area contributed by atoms with E-state index >= 15 is 0 Å². The lowest BCUT2D eigenvalue weighted by Gasteiger charge is -2.28. The Morgan fingerprint density at radius 2 is 1.86 bits per heavy atom. The summed E-state index contributed by atoms with van der Waals surface area (Å²) in [7, 11) is -1.30. The Kier molecular flexibility index (Phi) is 5.75. The number of sulfonamides is 1. The Balaban J connectivity index is 1.91. The lowest BCUT2D eigenvalue weighted by Crippen LogP contribution is -2.36. The number of nitrogens with two attached hydrogens (primary N) is 1. The Hall–Kier alpha value is -0.950. The molecule has 1 aliphatic rings. The van der Waals surface area contributed by atoms with Crippen molar-refractivity contribution in [1.29, 1.82) is 0 Å². The average Bonchev–Trinajstić information content (AvgIpc) is 2.48. The molecule has 3 N–H and O–H groups in total. The number of likely N-dealkylation sites (tertiary alicyclic amines) is 1. The fourth-order valence-corrected chi connectivity index (χ4v) is 3.70. The second-order valence-corrected chi connectivity index (χ2v) is 7.55. The highest BCUT2D eigenvalue weighted by atomic mass is 32.2. The number of nitrogens with one attached hydrogen (secondary N) is 1. The van der Waals surface area contributed by atoms with Gasteiger partial charge in [-0.3, -0.25) is 0 Å². The molecular formula is C15H25N3O2S. The van der Waals surface area contributed by atoms with Crippen molar-refractivity contribution >= 4 is 10.0 Å². The average molecular weight is 311 g/mol. The van der Waals surface area contributed by atoms with Gasteiger partial charge in [-0.05, 0) is 69.6 Å². The number of piperidine rings is 1. The molecule has 0 saturated carbocycles. The van der Waals surface area contributed by atoms with E-state index in [1.54, 1.807) is 12.1 Å². The molecule has 0 amide bonds. The molecule has 0 aliphatic carbocycles. The van der Waals surface area contributed by atoms with Crippen molar-refractivity contribution in [3.63, 3.8) is 0 Å². The lowest BCUT2D eigenvalue weighted by molar-refractivity contribution is 0.220. The Labute approximate surface area is 127 Å². The molecule has 21 heavy (non-hydrogen) atoms. The number of hydrogen-bond donors (Lipinski definition) is 2. The molecule has 118 valence electrons. The van der Waals surface area contributed by atoms with Crippen LogP contribution in [0.15, 0.2) is 29.2 Å². The maximum absolute atomic E-state index is 12.3. The number of nitrogens with zero attached hydrogens (tertiary/aromatic N) is 1. The monoisotopic (exact) mass is 311 g/mol. The molecule has 0 atom stereocenters. The third kappa shape index (κ3) is 4.78. The van der Waals surface area contributed by atoms with Gasteiger partial charge in [0.05, 0.1) is 4.90 Å². The van der Waals surface area contributed by atoms with Crippen LogP contribution in [0.1, 0.15) is 18.4 Å². The van der Waals surface area contributed by atoms with Gasteiger partial charge in [-0.25, -0.2) is 13.1 Å². The van der Waals surface area contributed by atoms with E-state index < -0.39 is 10.0 Å². The minimum Gasteiger partial charge on any atom is -0.330 e. The minimum absolute atomic E-state index is 0.330. The van der Waals surface area contributed by atoms with Crippen LogP contribution in [0, 0.1) is 5.92 Å². The van der Waals surface area contributed by atoms with Crippen molar-refractivity contribution < 1.29 is 8.42 Å². The Morgan fingerprint density at radius 1 is 1.24 bits per heavy atom. The van der Waals surface area contributed by atoms with E-state index in [4.69, 9.17) is 5.73 Å². The van der Waals surface area contributed by atoms with Crippen molar-refractivity contribution in [3.8, 4) is 0 Å². The summed E-state index contributed by atoms with van der Waals surface area (Å²) in [4.78, 5) is 2.61. The zero-order chi connectivity index (χ0) is 15.3. The first-order valence-corrected chi connectivity index (χ1v) is 8.97. The third-order valence-corrected chi connectivity index (χ3v) is 5.51. The molecule has 0 unspecified atom stereocenters. The summed E-state index contributed by atoms with van der Waals surface area (Å²) >= 11 is 0. The van der Waals surface area contributed by atoms with Gasteiger partial charge in [0.2, 0.25) is 10.0 Å². The van der Waals surface area contributed by atoms with Gasteiger partial charge in [-0.15, -0.1) is 0 Å². The van der Waals surface area contributed by atoms with E-state index in [9.17, 15) is 8.42 Å². The van der Waals surface area contributed by atoms with Gasteiger partial charge in [-0.2, -0.15) is 0 Å². The van der Waals surface area contributed by atoms with Gasteiger partial charge >= 0.3 is 0 Å². The smallest absolute Gasteiger partial charge is 0.240 e. The second-order valence-electron chi connectivity index (χ2n) is 5.78. The molecule has 1 aromatic rings. The van der Waals surface area contributed by atoms with E-state index in [0.717, 1.165) is 37.9 Å². The van der Waals surface area contributed by atoms with Crippen LogP contribution >= 0.6 is 0 Å². The fourth-order valence-electron chi connectivity index (χ4n) is 2.58. The van der Waals surface area contributed by atoms with E-state index in [2.05, 4.69) is 16.7 Å².